The molecule has 2 heterocycles. The van der Waals surface area contributed by atoms with Crippen LogP contribution < -0.4 is 0 Å². The Morgan fingerprint density at radius 3 is 2.58 bits per heavy atom. The lowest BCUT2D eigenvalue weighted by Gasteiger charge is -2.53. The normalized spacial score (nSPS) is 21.2. The van der Waals surface area contributed by atoms with Crippen molar-refractivity contribution in [1.82, 2.24) is 4.90 Å². The van der Waals surface area contributed by atoms with Crippen molar-refractivity contribution >= 4 is 23.1 Å². The van der Waals surface area contributed by atoms with Crippen LogP contribution in [0.4, 0.5) is 8.78 Å². The number of hydrogen-bond acceptors (Lipinski definition) is 4. The van der Waals surface area contributed by atoms with Crippen LogP contribution in [-0.4, -0.2) is 54.7 Å². The highest BCUT2D eigenvalue weighted by atomic mass is 19.2. The Kier molecular flexibility index (Phi) is 6.86. The lowest BCUT2D eigenvalue weighted by atomic mass is 9.56. The number of aliphatic imine (C=N–C) groups is 4. The summed E-state index contributed by atoms with van der Waals surface area (Å²) in [5.74, 6) is 0.0683. The quantitative estimate of drug-likeness (QED) is 0.417. The summed E-state index contributed by atoms with van der Waals surface area (Å²) >= 11 is 0. The number of allylic oxidation sites excluding steroid dienone is 1. The van der Waals surface area contributed by atoms with Crippen molar-refractivity contribution in [3.63, 3.8) is 0 Å². The van der Waals surface area contributed by atoms with Gasteiger partial charge in [0.05, 0.1) is 6.54 Å². The molecule has 0 bridgehead atoms. The van der Waals surface area contributed by atoms with Crippen molar-refractivity contribution in [2.45, 2.75) is 52.4 Å². The molecule has 0 amide bonds. The molecule has 1 aromatic carbocycles. The van der Waals surface area contributed by atoms with E-state index in [1.165, 1.54) is 18.9 Å². The minimum Gasteiger partial charge on any atom is -0.375 e. The lowest BCUT2D eigenvalue weighted by Crippen LogP contribution is -2.49. The van der Waals surface area contributed by atoms with Gasteiger partial charge < -0.3 is 4.90 Å². The summed E-state index contributed by atoms with van der Waals surface area (Å²) in [7, 11) is 1.77. The Bertz CT molecular complexity index is 1040. The summed E-state index contributed by atoms with van der Waals surface area (Å²) in [6, 6.07) is 3.85. The van der Waals surface area contributed by atoms with E-state index in [0.717, 1.165) is 67.8 Å². The first-order valence-corrected chi connectivity index (χ1v) is 11.8. The molecule has 2 fully saturated rings. The molecular formula is C26H33F2N5. The van der Waals surface area contributed by atoms with Gasteiger partial charge in [-0.05, 0) is 62.6 Å². The predicted octanol–water partition coefficient (Wildman–Crippen LogP) is 5.46. The van der Waals surface area contributed by atoms with Crippen LogP contribution in [0.2, 0.25) is 0 Å². The van der Waals surface area contributed by atoms with Gasteiger partial charge in [0.25, 0.3) is 0 Å². The average molecular weight is 454 g/mol. The van der Waals surface area contributed by atoms with Crippen molar-refractivity contribution < 1.29 is 8.78 Å². The Hall–Kier alpha value is -2.70. The zero-order valence-electron chi connectivity index (χ0n) is 19.9. The Labute approximate surface area is 195 Å². The van der Waals surface area contributed by atoms with Gasteiger partial charge in [-0.25, -0.2) is 18.8 Å². The molecule has 176 valence electrons. The van der Waals surface area contributed by atoms with Crippen LogP contribution >= 0.6 is 0 Å². The monoisotopic (exact) mass is 453 g/mol. The van der Waals surface area contributed by atoms with Gasteiger partial charge in [-0.15, -0.1) is 0 Å². The molecular weight excluding hydrogens is 420 g/mol. The van der Waals surface area contributed by atoms with E-state index in [-0.39, 0.29) is 0 Å². The third-order valence-corrected chi connectivity index (χ3v) is 7.38. The second-order valence-electron chi connectivity index (χ2n) is 9.51. The van der Waals surface area contributed by atoms with E-state index >= 15 is 0 Å². The average Bonchev–Trinajstić information content (AvgIpc) is 3.28. The van der Waals surface area contributed by atoms with Crippen molar-refractivity contribution in [1.29, 1.82) is 0 Å². The molecule has 0 atom stereocenters. The Morgan fingerprint density at radius 2 is 1.94 bits per heavy atom. The van der Waals surface area contributed by atoms with Crippen LogP contribution in [0.15, 0.2) is 50.4 Å². The number of piperidine rings is 1. The van der Waals surface area contributed by atoms with Gasteiger partial charge in [0.2, 0.25) is 0 Å². The van der Waals surface area contributed by atoms with Gasteiger partial charge in [0.1, 0.15) is 5.84 Å². The molecule has 3 aliphatic rings. The SMILES string of the molecule is C=C(CC(CC)=NC(C)=NC)N1CCC2(CC1)CC(C1=NC(c3ccc(F)c(F)c3)=NC1)C2. The molecule has 1 aromatic rings. The highest BCUT2D eigenvalue weighted by molar-refractivity contribution is 6.12. The zero-order valence-corrected chi connectivity index (χ0v) is 19.9. The summed E-state index contributed by atoms with van der Waals surface area (Å²) in [6.07, 6.45) is 6.32. The topological polar surface area (TPSA) is 52.7 Å². The fraction of sp³-hybridized carbons (Fsp3) is 0.538. The fourth-order valence-electron chi connectivity index (χ4n) is 5.17. The molecule has 0 radical (unpaired) electrons. The molecule has 7 heteroatoms. The molecule has 1 saturated heterocycles. The molecule has 0 aromatic heterocycles. The number of amidine groups is 2. The van der Waals surface area contributed by atoms with Gasteiger partial charge in [-0.1, -0.05) is 13.5 Å². The molecule has 1 aliphatic carbocycles. The molecule has 1 saturated carbocycles. The highest BCUT2D eigenvalue weighted by Crippen LogP contribution is 2.53. The minimum absolute atomic E-state index is 0.391. The third-order valence-electron chi connectivity index (χ3n) is 7.38. The Morgan fingerprint density at radius 1 is 1.21 bits per heavy atom. The van der Waals surface area contributed by atoms with Gasteiger partial charge in [0, 0.05) is 55.2 Å². The predicted molar refractivity (Wildman–Crippen MR) is 132 cm³/mol. The van der Waals surface area contributed by atoms with Crippen molar-refractivity contribution in [2.24, 2.45) is 31.3 Å². The molecule has 33 heavy (non-hydrogen) atoms. The first kappa shape index (κ1) is 23.5. The number of likely N-dealkylation sites (tertiary alicyclic amines) is 1. The van der Waals surface area contributed by atoms with E-state index in [1.807, 2.05) is 6.92 Å². The first-order chi connectivity index (χ1) is 15.8. The lowest BCUT2D eigenvalue weighted by molar-refractivity contribution is 0.0209. The van der Waals surface area contributed by atoms with Gasteiger partial charge in [0.15, 0.2) is 17.5 Å². The number of halogens is 2. The third kappa shape index (κ3) is 5.12. The second kappa shape index (κ2) is 9.65. The number of nitrogens with zero attached hydrogens (tertiary/aromatic N) is 5. The summed E-state index contributed by atoms with van der Waals surface area (Å²) in [5.41, 5.74) is 4.30. The van der Waals surface area contributed by atoms with E-state index in [2.05, 4.69) is 38.4 Å². The number of benzene rings is 1. The van der Waals surface area contributed by atoms with E-state index in [4.69, 9.17) is 0 Å². The van der Waals surface area contributed by atoms with Gasteiger partial charge in [-0.3, -0.25) is 9.98 Å². The van der Waals surface area contributed by atoms with Crippen LogP contribution in [0.3, 0.4) is 0 Å². The summed E-state index contributed by atoms with van der Waals surface area (Å²) in [6.45, 7) is 11.0. The summed E-state index contributed by atoms with van der Waals surface area (Å²) in [4.78, 5) is 20.3. The van der Waals surface area contributed by atoms with Crippen LogP contribution in [0, 0.1) is 23.0 Å². The molecule has 5 nitrogen and oxygen atoms in total. The van der Waals surface area contributed by atoms with E-state index < -0.39 is 11.6 Å². The van der Waals surface area contributed by atoms with Crippen LogP contribution in [0.25, 0.3) is 0 Å². The van der Waals surface area contributed by atoms with Crippen LogP contribution in [-0.2, 0) is 0 Å². The molecule has 0 unspecified atom stereocenters. The highest BCUT2D eigenvalue weighted by Gasteiger charge is 2.47. The molecule has 0 N–H and O–H groups in total. The maximum absolute atomic E-state index is 13.6. The largest absolute Gasteiger partial charge is 0.375 e. The van der Waals surface area contributed by atoms with Crippen LogP contribution in [0.1, 0.15) is 57.9 Å². The van der Waals surface area contributed by atoms with Gasteiger partial charge >= 0.3 is 0 Å². The number of rotatable bonds is 6. The van der Waals surface area contributed by atoms with Crippen molar-refractivity contribution in [3.8, 4) is 0 Å². The fourth-order valence-corrected chi connectivity index (χ4v) is 5.17. The summed E-state index contributed by atoms with van der Waals surface area (Å²) in [5, 5.41) is 0. The Balaban J connectivity index is 1.28. The standard InChI is InChI=1S/C26H33F2N5/c1-5-21(31-18(3)29-4)12-17(2)33-10-8-26(9-11-33)14-20(15-26)24-16-30-25(32-24)19-6-7-22(27)23(28)13-19/h6-7,13,20H,2,5,8-12,14-16H2,1,3-4H3. The molecule has 4 rings (SSSR count). The van der Waals surface area contributed by atoms with E-state index in [9.17, 15) is 8.78 Å². The minimum atomic E-state index is -0.860. The zero-order chi connectivity index (χ0) is 23.6. The smallest absolute Gasteiger partial charge is 0.159 e. The van der Waals surface area contributed by atoms with Crippen molar-refractivity contribution in [2.75, 3.05) is 26.7 Å². The maximum Gasteiger partial charge on any atom is 0.159 e. The van der Waals surface area contributed by atoms with Gasteiger partial charge in [-0.2, -0.15) is 0 Å². The van der Waals surface area contributed by atoms with E-state index in [1.54, 1.807) is 13.1 Å². The van der Waals surface area contributed by atoms with Crippen LogP contribution in [0.5, 0.6) is 0 Å². The van der Waals surface area contributed by atoms with Crippen molar-refractivity contribution in [3.05, 3.63) is 47.7 Å². The summed E-state index contributed by atoms with van der Waals surface area (Å²) < 4.78 is 26.8. The molecule has 1 spiro atoms. The first-order valence-electron chi connectivity index (χ1n) is 11.8. The number of hydrogen-bond donors (Lipinski definition) is 0. The maximum atomic E-state index is 13.6. The molecule has 2 aliphatic heterocycles. The van der Waals surface area contributed by atoms with E-state index in [0.29, 0.717) is 29.3 Å². The second-order valence-corrected chi connectivity index (χ2v) is 9.51.